The van der Waals surface area contributed by atoms with Crippen LogP contribution in [0.1, 0.15) is 17.4 Å². The van der Waals surface area contributed by atoms with Crippen molar-refractivity contribution in [2.75, 3.05) is 10.6 Å². The van der Waals surface area contributed by atoms with E-state index >= 15 is 0 Å². The van der Waals surface area contributed by atoms with E-state index in [1.54, 1.807) is 6.20 Å². The van der Waals surface area contributed by atoms with Crippen LogP contribution in [0.15, 0.2) is 48.7 Å². The molecule has 0 fully saturated rings. The van der Waals surface area contributed by atoms with Gasteiger partial charge in [-0.25, -0.2) is 0 Å². The van der Waals surface area contributed by atoms with E-state index in [-0.39, 0.29) is 0 Å². The molecule has 2 aromatic carbocycles. The molecule has 0 saturated heterocycles. The Morgan fingerprint density at radius 2 is 1.88 bits per heavy atom. The molecule has 7 heteroatoms. The monoisotopic (exact) mass is 339 g/mol. The fourth-order valence-corrected chi connectivity index (χ4v) is 2.81. The molecule has 1 heterocycles. The van der Waals surface area contributed by atoms with E-state index < -0.39 is 5.91 Å². The number of carbonyl (C=O) groups excluding carboxylic acids is 1. The zero-order valence-electron chi connectivity index (χ0n) is 13.1. The molecule has 0 unspecified atom stereocenters. The molecule has 1 amide bonds. The summed E-state index contributed by atoms with van der Waals surface area (Å²) in [6.07, 6.45) is 1.54. The lowest BCUT2D eigenvalue weighted by molar-refractivity contribution is 0.0991. The number of aryl methyl sites for hydroxylation is 1. The largest absolute Gasteiger partial charge is 0.364 e. The van der Waals surface area contributed by atoms with Crippen LogP contribution < -0.4 is 16.4 Å². The highest BCUT2D eigenvalue weighted by molar-refractivity contribution is 7.80. The predicted octanol–water partition coefficient (Wildman–Crippen LogP) is 2.96. The Morgan fingerprint density at radius 3 is 2.62 bits per heavy atom. The van der Waals surface area contributed by atoms with Crippen LogP contribution in [0.3, 0.4) is 0 Å². The third kappa shape index (κ3) is 3.07. The van der Waals surface area contributed by atoms with E-state index in [0.29, 0.717) is 23.0 Å². The van der Waals surface area contributed by atoms with Crippen LogP contribution in [0.5, 0.6) is 0 Å². The molecular weight excluding hydrogens is 322 g/mol. The van der Waals surface area contributed by atoms with Crippen LogP contribution >= 0.6 is 12.2 Å². The van der Waals surface area contributed by atoms with Crippen LogP contribution in [0, 0.1) is 0 Å². The van der Waals surface area contributed by atoms with E-state index in [9.17, 15) is 4.79 Å². The summed E-state index contributed by atoms with van der Waals surface area (Å²) in [5.41, 5.74) is 7.11. The predicted molar refractivity (Wildman–Crippen MR) is 100 cm³/mol. The number of nitrogens with one attached hydrogen (secondary N) is 2. The van der Waals surface area contributed by atoms with Crippen LogP contribution in [0.2, 0.25) is 0 Å². The maximum Gasteiger partial charge on any atom is 0.269 e. The number of thiocarbonyl (C=S) groups is 1. The molecule has 0 radical (unpaired) electrons. The summed E-state index contributed by atoms with van der Waals surface area (Å²) in [6.45, 7) is 2.43. The first-order valence-corrected chi connectivity index (χ1v) is 7.92. The molecule has 1 aromatic heterocycles. The fourth-order valence-electron chi connectivity index (χ4n) is 2.59. The third-order valence-electron chi connectivity index (χ3n) is 3.66. The van der Waals surface area contributed by atoms with Crippen molar-refractivity contribution in [1.29, 1.82) is 0 Å². The lowest BCUT2D eigenvalue weighted by atomic mass is 10.1. The summed E-state index contributed by atoms with van der Waals surface area (Å²) in [6, 6.07) is 13.9. The summed E-state index contributed by atoms with van der Waals surface area (Å²) in [7, 11) is 0. The van der Waals surface area contributed by atoms with Gasteiger partial charge >= 0.3 is 0 Å². The number of anilines is 2. The van der Waals surface area contributed by atoms with Gasteiger partial charge in [0.2, 0.25) is 0 Å². The zero-order valence-corrected chi connectivity index (χ0v) is 13.9. The van der Waals surface area contributed by atoms with Gasteiger partial charge < -0.3 is 16.4 Å². The Balaban J connectivity index is 1.84. The van der Waals surface area contributed by atoms with E-state index in [1.807, 2.05) is 49.4 Å². The van der Waals surface area contributed by atoms with E-state index in [2.05, 4.69) is 15.7 Å². The van der Waals surface area contributed by atoms with Crippen molar-refractivity contribution in [2.24, 2.45) is 5.73 Å². The van der Waals surface area contributed by atoms with Gasteiger partial charge in [-0.05, 0) is 30.6 Å². The van der Waals surface area contributed by atoms with Crippen LogP contribution in [0.4, 0.5) is 11.4 Å². The smallest absolute Gasteiger partial charge is 0.269 e. The lowest BCUT2D eigenvalue weighted by Gasteiger charge is -2.12. The standard InChI is InChI=1S/C17H17N5OS/c1-2-22-15(16(18)23)14(10-19-22)21-17(24)20-13-9-5-7-11-6-3-4-8-12(11)13/h3-10H,2H2,1H3,(H2,18,23)(H2,20,21,24). The molecular formula is C17H17N5OS. The number of amides is 1. The van der Waals surface area contributed by atoms with E-state index in [1.165, 1.54) is 4.68 Å². The second-order valence-corrected chi connectivity index (χ2v) is 5.60. The van der Waals surface area contributed by atoms with Gasteiger partial charge in [-0.2, -0.15) is 5.10 Å². The summed E-state index contributed by atoms with van der Waals surface area (Å²) < 4.78 is 1.53. The van der Waals surface area contributed by atoms with Gasteiger partial charge in [0.05, 0.1) is 11.9 Å². The summed E-state index contributed by atoms with van der Waals surface area (Å²) in [5.74, 6) is -0.551. The van der Waals surface area contributed by atoms with Crippen molar-refractivity contribution in [2.45, 2.75) is 13.5 Å². The second kappa shape index (κ2) is 6.67. The second-order valence-electron chi connectivity index (χ2n) is 5.19. The Labute approximate surface area is 144 Å². The average Bonchev–Trinajstić information content (AvgIpc) is 2.98. The number of primary amides is 1. The van der Waals surface area contributed by atoms with Gasteiger partial charge in [0.15, 0.2) is 5.11 Å². The molecule has 0 aliphatic rings. The molecule has 0 spiro atoms. The topological polar surface area (TPSA) is 85.0 Å². The number of nitrogens with zero attached hydrogens (tertiary/aromatic N) is 2. The highest BCUT2D eigenvalue weighted by Crippen LogP contribution is 2.23. The summed E-state index contributed by atoms with van der Waals surface area (Å²) in [5, 5.41) is 12.8. The van der Waals surface area contributed by atoms with Gasteiger partial charge in [0.25, 0.3) is 5.91 Å². The first-order chi connectivity index (χ1) is 11.6. The van der Waals surface area contributed by atoms with Gasteiger partial charge in [-0.3, -0.25) is 9.48 Å². The number of carbonyl (C=O) groups is 1. The third-order valence-corrected chi connectivity index (χ3v) is 3.86. The van der Waals surface area contributed by atoms with E-state index in [0.717, 1.165) is 16.5 Å². The van der Waals surface area contributed by atoms with Crippen molar-refractivity contribution in [3.63, 3.8) is 0 Å². The molecule has 24 heavy (non-hydrogen) atoms. The van der Waals surface area contributed by atoms with Crippen molar-refractivity contribution in [3.05, 3.63) is 54.4 Å². The number of fused-ring (bicyclic) bond motifs is 1. The number of benzene rings is 2. The van der Waals surface area contributed by atoms with Gasteiger partial charge in [0.1, 0.15) is 5.69 Å². The molecule has 0 aliphatic carbocycles. The summed E-state index contributed by atoms with van der Waals surface area (Å²) in [4.78, 5) is 11.6. The minimum absolute atomic E-state index is 0.305. The molecule has 3 aromatic rings. The highest BCUT2D eigenvalue weighted by Gasteiger charge is 2.16. The highest BCUT2D eigenvalue weighted by atomic mass is 32.1. The minimum atomic E-state index is -0.551. The number of nitrogens with two attached hydrogens (primary N) is 1. The van der Waals surface area contributed by atoms with Crippen molar-refractivity contribution >= 4 is 45.4 Å². The molecule has 0 atom stereocenters. The normalized spacial score (nSPS) is 10.5. The van der Waals surface area contributed by atoms with Gasteiger partial charge in [-0.15, -0.1) is 0 Å². The van der Waals surface area contributed by atoms with Crippen molar-refractivity contribution in [3.8, 4) is 0 Å². The van der Waals surface area contributed by atoms with Crippen LogP contribution in [-0.4, -0.2) is 20.8 Å². The van der Waals surface area contributed by atoms with Gasteiger partial charge in [0, 0.05) is 17.6 Å². The van der Waals surface area contributed by atoms with Crippen molar-refractivity contribution < 1.29 is 4.79 Å². The first-order valence-electron chi connectivity index (χ1n) is 7.51. The van der Waals surface area contributed by atoms with Gasteiger partial charge in [-0.1, -0.05) is 36.4 Å². The Morgan fingerprint density at radius 1 is 1.17 bits per heavy atom. The Hall–Kier alpha value is -2.93. The molecule has 0 bridgehead atoms. The number of rotatable bonds is 4. The lowest BCUT2D eigenvalue weighted by Crippen LogP contribution is -2.23. The molecule has 4 N–H and O–H groups in total. The number of aromatic nitrogens is 2. The van der Waals surface area contributed by atoms with E-state index in [4.69, 9.17) is 18.0 Å². The molecule has 122 valence electrons. The Bertz CT molecular complexity index is 913. The quantitative estimate of drug-likeness (QED) is 0.636. The molecule has 0 saturated carbocycles. The van der Waals surface area contributed by atoms with Crippen molar-refractivity contribution in [1.82, 2.24) is 9.78 Å². The zero-order chi connectivity index (χ0) is 17.1. The fraction of sp³-hybridized carbons (Fsp3) is 0.118. The molecule has 6 nitrogen and oxygen atoms in total. The van der Waals surface area contributed by atoms with Crippen LogP contribution in [-0.2, 0) is 6.54 Å². The van der Waals surface area contributed by atoms with Crippen LogP contribution in [0.25, 0.3) is 10.8 Å². The minimum Gasteiger partial charge on any atom is -0.364 e. The Kier molecular flexibility index (Phi) is 4.43. The first kappa shape index (κ1) is 15.9. The average molecular weight is 339 g/mol. The maximum atomic E-state index is 11.6. The summed E-state index contributed by atoms with van der Waals surface area (Å²) >= 11 is 5.36. The number of hydrogen-bond acceptors (Lipinski definition) is 3. The maximum absolute atomic E-state index is 11.6. The SMILES string of the molecule is CCn1ncc(NC(=S)Nc2cccc3ccccc23)c1C(N)=O. The number of hydrogen-bond donors (Lipinski definition) is 3. The molecule has 0 aliphatic heterocycles. The molecule has 3 rings (SSSR count).